The second-order valence-electron chi connectivity index (χ2n) is 7.63. The number of carbonyl (C=O) groups excluding carboxylic acids is 1. The summed E-state index contributed by atoms with van der Waals surface area (Å²) in [4.78, 5) is 20.4. The van der Waals surface area contributed by atoms with Crippen molar-refractivity contribution in [3.05, 3.63) is 35.4 Å². The molecule has 2 rings (SSSR count). The first-order valence-corrected chi connectivity index (χ1v) is 9.97. The Morgan fingerprint density at radius 2 is 1.82 bits per heavy atom. The van der Waals surface area contributed by atoms with Crippen LogP contribution in [0, 0.1) is 5.92 Å². The van der Waals surface area contributed by atoms with E-state index in [0.29, 0.717) is 12.1 Å². The standard InChI is InChI=1S/C21H35N5O.HI/c1-17-10-14-26(15-11-17)13-5-12-23-21(22-2)24-16-18-6-8-19(9-7-18)20(27)25(3)4;/h6-9,17H,5,10-16H2,1-4H3,(H2,22,23,24);1H. The van der Waals surface area contributed by atoms with E-state index in [1.807, 2.05) is 24.3 Å². The molecule has 6 nitrogen and oxygen atoms in total. The summed E-state index contributed by atoms with van der Waals surface area (Å²) in [5, 5.41) is 6.72. The summed E-state index contributed by atoms with van der Waals surface area (Å²) in [7, 11) is 5.32. The van der Waals surface area contributed by atoms with Crippen LogP contribution in [0.1, 0.15) is 42.1 Å². The van der Waals surface area contributed by atoms with Gasteiger partial charge in [0.25, 0.3) is 5.91 Å². The Bertz CT molecular complexity index is 610. The molecule has 1 aliphatic heterocycles. The van der Waals surface area contributed by atoms with Gasteiger partial charge >= 0.3 is 0 Å². The maximum Gasteiger partial charge on any atom is 0.253 e. The molecule has 1 aliphatic rings. The third-order valence-corrected chi connectivity index (χ3v) is 5.11. The smallest absolute Gasteiger partial charge is 0.253 e. The summed E-state index contributed by atoms with van der Waals surface area (Å²) in [5.74, 6) is 1.73. The van der Waals surface area contributed by atoms with Crippen molar-refractivity contribution in [3.8, 4) is 0 Å². The molecule has 1 heterocycles. The molecule has 1 saturated heterocycles. The third-order valence-electron chi connectivity index (χ3n) is 5.11. The second-order valence-corrected chi connectivity index (χ2v) is 7.63. The van der Waals surface area contributed by atoms with Gasteiger partial charge in [-0.05, 0) is 62.5 Å². The fourth-order valence-electron chi connectivity index (χ4n) is 3.22. The van der Waals surface area contributed by atoms with Gasteiger partial charge in [0.05, 0.1) is 0 Å². The number of carbonyl (C=O) groups is 1. The number of halogens is 1. The molecule has 0 aromatic heterocycles. The molecule has 0 atom stereocenters. The summed E-state index contributed by atoms with van der Waals surface area (Å²) in [6, 6.07) is 7.70. The highest BCUT2D eigenvalue weighted by Gasteiger charge is 2.14. The van der Waals surface area contributed by atoms with Crippen molar-refractivity contribution in [3.63, 3.8) is 0 Å². The van der Waals surface area contributed by atoms with Gasteiger partial charge in [0.2, 0.25) is 0 Å². The van der Waals surface area contributed by atoms with Crippen LogP contribution in [0.15, 0.2) is 29.3 Å². The number of benzene rings is 1. The van der Waals surface area contributed by atoms with Crippen LogP contribution in [0.2, 0.25) is 0 Å². The first kappa shape index (κ1) is 24.7. The van der Waals surface area contributed by atoms with Gasteiger partial charge in [0, 0.05) is 39.8 Å². The van der Waals surface area contributed by atoms with E-state index >= 15 is 0 Å². The molecule has 0 radical (unpaired) electrons. The second kappa shape index (κ2) is 13.0. The first-order valence-electron chi connectivity index (χ1n) is 9.97. The fourth-order valence-corrected chi connectivity index (χ4v) is 3.22. The van der Waals surface area contributed by atoms with E-state index in [0.717, 1.165) is 37.0 Å². The van der Waals surface area contributed by atoms with E-state index < -0.39 is 0 Å². The van der Waals surface area contributed by atoms with Crippen molar-refractivity contribution in [2.75, 3.05) is 47.3 Å². The summed E-state index contributed by atoms with van der Waals surface area (Å²) < 4.78 is 0. The number of hydrogen-bond donors (Lipinski definition) is 2. The first-order chi connectivity index (χ1) is 13.0. The lowest BCUT2D eigenvalue weighted by atomic mass is 9.99. The number of amides is 1. The lowest BCUT2D eigenvalue weighted by Crippen LogP contribution is -2.39. The van der Waals surface area contributed by atoms with E-state index in [1.54, 1.807) is 26.0 Å². The zero-order valence-electron chi connectivity index (χ0n) is 17.7. The molecular weight excluding hydrogens is 465 g/mol. The van der Waals surface area contributed by atoms with Gasteiger partial charge in [-0.1, -0.05) is 19.1 Å². The number of rotatable bonds is 7. The number of hydrogen-bond acceptors (Lipinski definition) is 3. The van der Waals surface area contributed by atoms with Crippen LogP contribution >= 0.6 is 24.0 Å². The normalized spacial score (nSPS) is 15.6. The van der Waals surface area contributed by atoms with Crippen molar-refractivity contribution >= 4 is 35.8 Å². The minimum absolute atomic E-state index is 0. The molecule has 0 bridgehead atoms. The monoisotopic (exact) mass is 501 g/mol. The van der Waals surface area contributed by atoms with Crippen LogP contribution in [-0.2, 0) is 6.54 Å². The van der Waals surface area contributed by atoms with Gasteiger partial charge in [-0.2, -0.15) is 0 Å². The van der Waals surface area contributed by atoms with Crippen LogP contribution in [0.4, 0.5) is 0 Å². The van der Waals surface area contributed by atoms with Crippen molar-refractivity contribution < 1.29 is 4.79 Å². The fraction of sp³-hybridized carbons (Fsp3) is 0.619. The van der Waals surface area contributed by atoms with E-state index in [1.165, 1.54) is 25.9 Å². The lowest BCUT2D eigenvalue weighted by molar-refractivity contribution is 0.0827. The number of likely N-dealkylation sites (tertiary alicyclic amines) is 1. The Balaban J connectivity index is 0.00000392. The molecule has 1 aromatic carbocycles. The summed E-state index contributed by atoms with van der Waals surface area (Å²) >= 11 is 0. The average molecular weight is 501 g/mol. The average Bonchev–Trinajstić information content (AvgIpc) is 2.68. The molecule has 1 fully saturated rings. The van der Waals surface area contributed by atoms with Crippen LogP contribution in [0.25, 0.3) is 0 Å². The van der Waals surface area contributed by atoms with Gasteiger partial charge in [0.1, 0.15) is 0 Å². The molecule has 1 aromatic rings. The Kier molecular flexibility index (Phi) is 11.4. The molecule has 2 N–H and O–H groups in total. The minimum atomic E-state index is 0. The largest absolute Gasteiger partial charge is 0.356 e. The van der Waals surface area contributed by atoms with Crippen molar-refractivity contribution in [2.45, 2.75) is 32.7 Å². The Morgan fingerprint density at radius 3 is 2.39 bits per heavy atom. The summed E-state index contributed by atoms with van der Waals surface area (Å²) in [6.07, 6.45) is 3.78. The van der Waals surface area contributed by atoms with Crippen molar-refractivity contribution in [1.82, 2.24) is 20.4 Å². The van der Waals surface area contributed by atoms with Gasteiger partial charge < -0.3 is 20.4 Å². The number of piperidine rings is 1. The van der Waals surface area contributed by atoms with Crippen LogP contribution in [-0.4, -0.2) is 69.0 Å². The van der Waals surface area contributed by atoms with Crippen molar-refractivity contribution in [1.29, 1.82) is 0 Å². The van der Waals surface area contributed by atoms with Gasteiger partial charge in [-0.3, -0.25) is 9.79 Å². The maximum absolute atomic E-state index is 11.9. The quantitative estimate of drug-likeness (QED) is 0.261. The van der Waals surface area contributed by atoms with Crippen LogP contribution in [0.5, 0.6) is 0 Å². The van der Waals surface area contributed by atoms with Gasteiger partial charge in [0.15, 0.2) is 5.96 Å². The highest BCUT2D eigenvalue weighted by atomic mass is 127. The molecule has 0 aliphatic carbocycles. The zero-order valence-corrected chi connectivity index (χ0v) is 20.0. The molecule has 158 valence electrons. The molecule has 0 spiro atoms. The SMILES string of the molecule is CN=C(NCCCN1CCC(C)CC1)NCc1ccc(C(=O)N(C)C)cc1.I. The van der Waals surface area contributed by atoms with Crippen LogP contribution < -0.4 is 10.6 Å². The predicted octanol–water partition coefficient (Wildman–Crippen LogP) is 2.79. The number of aliphatic imine (C=N–C) groups is 1. The molecule has 1 amide bonds. The molecule has 28 heavy (non-hydrogen) atoms. The summed E-state index contributed by atoms with van der Waals surface area (Å²) in [5.41, 5.74) is 1.83. The van der Waals surface area contributed by atoms with Crippen molar-refractivity contribution in [2.24, 2.45) is 10.9 Å². The molecule has 0 unspecified atom stereocenters. The van der Waals surface area contributed by atoms with E-state index in [9.17, 15) is 4.79 Å². The Morgan fingerprint density at radius 1 is 1.18 bits per heavy atom. The van der Waals surface area contributed by atoms with E-state index in [-0.39, 0.29) is 29.9 Å². The number of guanidine groups is 1. The highest BCUT2D eigenvalue weighted by Crippen LogP contribution is 2.15. The molecule has 7 heteroatoms. The number of nitrogens with zero attached hydrogens (tertiary/aromatic N) is 3. The lowest BCUT2D eigenvalue weighted by Gasteiger charge is -2.30. The topological polar surface area (TPSA) is 60.0 Å². The van der Waals surface area contributed by atoms with Gasteiger partial charge in [-0.25, -0.2) is 0 Å². The highest BCUT2D eigenvalue weighted by molar-refractivity contribution is 14.0. The Labute approximate surface area is 187 Å². The summed E-state index contributed by atoms with van der Waals surface area (Å²) in [6.45, 7) is 7.57. The van der Waals surface area contributed by atoms with Gasteiger partial charge in [-0.15, -0.1) is 24.0 Å². The predicted molar refractivity (Wildman–Crippen MR) is 128 cm³/mol. The molecule has 0 saturated carbocycles. The minimum Gasteiger partial charge on any atom is -0.356 e. The third kappa shape index (κ3) is 8.34. The molecular formula is C21H36IN5O. The number of nitrogens with one attached hydrogen (secondary N) is 2. The zero-order chi connectivity index (χ0) is 19.6. The van der Waals surface area contributed by atoms with E-state index in [2.05, 4.69) is 27.4 Å². The maximum atomic E-state index is 11.9. The van der Waals surface area contributed by atoms with Crippen LogP contribution in [0.3, 0.4) is 0 Å². The van der Waals surface area contributed by atoms with E-state index in [4.69, 9.17) is 0 Å². The Hall–Kier alpha value is -1.35.